The van der Waals surface area contributed by atoms with Gasteiger partial charge in [0, 0.05) is 39.1 Å². The number of morpholine rings is 1. The molecule has 0 saturated carbocycles. The first-order chi connectivity index (χ1) is 9.41. The normalized spacial score (nSPS) is 22.0. The zero-order valence-corrected chi connectivity index (χ0v) is 12.6. The quantitative estimate of drug-likeness (QED) is 0.811. The molecule has 0 aliphatic carbocycles. The number of ether oxygens (including phenoxy) is 2. The fourth-order valence-corrected chi connectivity index (χ4v) is 2.60. The van der Waals surface area contributed by atoms with Crippen molar-refractivity contribution in [3.05, 3.63) is 18.0 Å². The predicted molar refractivity (Wildman–Crippen MR) is 74.3 cm³/mol. The van der Waals surface area contributed by atoms with Gasteiger partial charge in [-0.3, -0.25) is 9.48 Å². The number of aryl methyl sites for hydroxylation is 1. The Hall–Kier alpha value is -1.40. The third-order valence-electron chi connectivity index (χ3n) is 3.44. The zero-order valence-electron chi connectivity index (χ0n) is 12.6. The monoisotopic (exact) mass is 281 g/mol. The number of rotatable bonds is 4. The number of nitrogens with zero attached hydrogens (tertiary/aromatic N) is 3. The van der Waals surface area contributed by atoms with E-state index in [0.29, 0.717) is 26.1 Å². The fraction of sp³-hybridized carbons (Fsp3) is 0.714. The van der Waals surface area contributed by atoms with Crippen molar-refractivity contribution in [3.8, 4) is 0 Å². The molecule has 1 saturated heterocycles. The lowest BCUT2D eigenvalue weighted by molar-refractivity contribution is -0.168. The molecule has 0 N–H and O–H groups in total. The Balaban J connectivity index is 2.03. The van der Waals surface area contributed by atoms with Crippen molar-refractivity contribution in [2.24, 2.45) is 7.05 Å². The Kier molecular flexibility index (Phi) is 4.45. The van der Waals surface area contributed by atoms with E-state index in [1.165, 1.54) is 0 Å². The summed E-state index contributed by atoms with van der Waals surface area (Å²) in [7, 11) is 3.49. The molecule has 1 aliphatic rings. The summed E-state index contributed by atoms with van der Waals surface area (Å²) in [5.74, 6) is 0.103. The van der Waals surface area contributed by atoms with Crippen LogP contribution in [0.3, 0.4) is 0 Å². The Labute approximate surface area is 119 Å². The highest BCUT2D eigenvalue weighted by molar-refractivity contribution is 5.78. The zero-order chi connectivity index (χ0) is 14.8. The lowest BCUT2D eigenvalue weighted by Crippen LogP contribution is -2.56. The molecule has 1 unspecified atom stereocenters. The molecule has 2 heterocycles. The summed E-state index contributed by atoms with van der Waals surface area (Å²) in [4.78, 5) is 14.3. The highest BCUT2D eigenvalue weighted by Crippen LogP contribution is 2.21. The molecule has 1 aromatic rings. The van der Waals surface area contributed by atoms with Crippen molar-refractivity contribution in [1.82, 2.24) is 14.7 Å². The van der Waals surface area contributed by atoms with Gasteiger partial charge in [-0.1, -0.05) is 0 Å². The largest absolute Gasteiger partial charge is 0.382 e. The first-order valence-corrected chi connectivity index (χ1v) is 6.83. The molecule has 112 valence electrons. The van der Waals surface area contributed by atoms with E-state index < -0.39 is 0 Å². The lowest BCUT2D eigenvalue weighted by atomic mass is 10.0. The van der Waals surface area contributed by atoms with Crippen molar-refractivity contribution in [2.75, 3.05) is 26.8 Å². The van der Waals surface area contributed by atoms with Gasteiger partial charge in [0.25, 0.3) is 0 Å². The average molecular weight is 281 g/mol. The topological polar surface area (TPSA) is 56.6 Å². The van der Waals surface area contributed by atoms with Gasteiger partial charge in [0.15, 0.2) is 0 Å². The number of carbonyl (C=O) groups excluding carboxylic acids is 1. The lowest BCUT2D eigenvalue weighted by Gasteiger charge is -2.42. The van der Waals surface area contributed by atoms with E-state index in [1.54, 1.807) is 18.0 Å². The van der Waals surface area contributed by atoms with Crippen LogP contribution in [0.2, 0.25) is 0 Å². The van der Waals surface area contributed by atoms with Gasteiger partial charge in [-0.2, -0.15) is 5.10 Å². The molecule has 1 aromatic heterocycles. The second-order valence-corrected chi connectivity index (χ2v) is 5.85. The van der Waals surface area contributed by atoms with Crippen LogP contribution in [0.15, 0.2) is 12.3 Å². The smallest absolute Gasteiger partial charge is 0.228 e. The standard InChI is InChI=1S/C14H23N3O3/c1-14(2)10-17(8-12(20-14)9-19-4)13(18)7-11-5-6-15-16(11)3/h5-6,12H,7-10H2,1-4H3. The summed E-state index contributed by atoms with van der Waals surface area (Å²) >= 11 is 0. The fourth-order valence-electron chi connectivity index (χ4n) is 2.60. The third kappa shape index (κ3) is 3.58. The first-order valence-electron chi connectivity index (χ1n) is 6.83. The molecule has 1 amide bonds. The molecule has 20 heavy (non-hydrogen) atoms. The van der Waals surface area contributed by atoms with Gasteiger partial charge in [0.05, 0.1) is 24.7 Å². The molecule has 1 aliphatic heterocycles. The van der Waals surface area contributed by atoms with Crippen molar-refractivity contribution in [2.45, 2.75) is 32.0 Å². The highest BCUT2D eigenvalue weighted by Gasteiger charge is 2.35. The summed E-state index contributed by atoms with van der Waals surface area (Å²) in [6.07, 6.45) is 2.01. The number of carbonyl (C=O) groups is 1. The minimum atomic E-state index is -0.344. The van der Waals surface area contributed by atoms with Crippen LogP contribution in [0.4, 0.5) is 0 Å². The van der Waals surface area contributed by atoms with Crippen LogP contribution >= 0.6 is 0 Å². The van der Waals surface area contributed by atoms with E-state index >= 15 is 0 Å². The van der Waals surface area contributed by atoms with E-state index in [0.717, 1.165) is 5.69 Å². The van der Waals surface area contributed by atoms with Crippen LogP contribution in [-0.2, 0) is 27.7 Å². The molecule has 0 aromatic carbocycles. The SMILES string of the molecule is COCC1CN(C(=O)Cc2ccnn2C)CC(C)(C)O1. The molecular formula is C14H23N3O3. The van der Waals surface area contributed by atoms with E-state index in [9.17, 15) is 4.79 Å². The number of aromatic nitrogens is 2. The van der Waals surface area contributed by atoms with Gasteiger partial charge in [0.1, 0.15) is 0 Å². The Morgan fingerprint density at radius 2 is 2.35 bits per heavy atom. The number of hydrogen-bond acceptors (Lipinski definition) is 4. The van der Waals surface area contributed by atoms with Gasteiger partial charge >= 0.3 is 0 Å². The minimum absolute atomic E-state index is 0.0702. The van der Waals surface area contributed by atoms with Crippen molar-refractivity contribution < 1.29 is 14.3 Å². The summed E-state index contributed by atoms with van der Waals surface area (Å²) in [6, 6.07) is 1.87. The maximum atomic E-state index is 12.4. The summed E-state index contributed by atoms with van der Waals surface area (Å²) in [5, 5.41) is 4.09. The molecule has 6 heteroatoms. The summed E-state index contributed by atoms with van der Waals surface area (Å²) in [6.45, 7) is 5.68. The van der Waals surface area contributed by atoms with Gasteiger partial charge < -0.3 is 14.4 Å². The summed E-state index contributed by atoms with van der Waals surface area (Å²) in [5.41, 5.74) is 0.575. The Bertz CT molecular complexity index is 470. The highest BCUT2D eigenvalue weighted by atomic mass is 16.5. The van der Waals surface area contributed by atoms with Crippen molar-refractivity contribution >= 4 is 5.91 Å². The third-order valence-corrected chi connectivity index (χ3v) is 3.44. The molecular weight excluding hydrogens is 258 g/mol. The van der Waals surface area contributed by atoms with Crippen LogP contribution < -0.4 is 0 Å². The number of hydrogen-bond donors (Lipinski definition) is 0. The Morgan fingerprint density at radius 3 is 2.95 bits per heavy atom. The predicted octanol–water partition coefficient (Wildman–Crippen LogP) is 0.615. The van der Waals surface area contributed by atoms with Crippen LogP contribution in [0.1, 0.15) is 19.5 Å². The van der Waals surface area contributed by atoms with E-state index in [-0.39, 0.29) is 17.6 Å². The van der Waals surface area contributed by atoms with Crippen molar-refractivity contribution in [3.63, 3.8) is 0 Å². The van der Waals surface area contributed by atoms with E-state index in [4.69, 9.17) is 9.47 Å². The maximum Gasteiger partial charge on any atom is 0.228 e. The molecule has 0 spiro atoms. The van der Waals surface area contributed by atoms with Crippen LogP contribution in [0, 0.1) is 0 Å². The second kappa shape index (κ2) is 5.93. The van der Waals surface area contributed by atoms with Crippen LogP contribution in [0.25, 0.3) is 0 Å². The number of amides is 1. The van der Waals surface area contributed by atoms with Gasteiger partial charge in [-0.25, -0.2) is 0 Å². The molecule has 0 radical (unpaired) electrons. The summed E-state index contributed by atoms with van der Waals surface area (Å²) < 4.78 is 12.8. The van der Waals surface area contributed by atoms with E-state index in [2.05, 4.69) is 5.10 Å². The molecule has 6 nitrogen and oxygen atoms in total. The number of methoxy groups -OCH3 is 1. The maximum absolute atomic E-state index is 12.4. The Morgan fingerprint density at radius 1 is 1.60 bits per heavy atom. The molecule has 1 fully saturated rings. The van der Waals surface area contributed by atoms with Gasteiger partial charge in [-0.15, -0.1) is 0 Å². The van der Waals surface area contributed by atoms with Gasteiger partial charge in [-0.05, 0) is 19.9 Å². The molecule has 0 bridgehead atoms. The minimum Gasteiger partial charge on any atom is -0.382 e. The first kappa shape index (κ1) is 15.0. The average Bonchev–Trinajstić information content (AvgIpc) is 2.73. The van der Waals surface area contributed by atoms with Crippen LogP contribution in [-0.4, -0.2) is 59.1 Å². The second-order valence-electron chi connectivity index (χ2n) is 5.85. The van der Waals surface area contributed by atoms with E-state index in [1.807, 2.05) is 31.9 Å². The van der Waals surface area contributed by atoms with Crippen molar-refractivity contribution in [1.29, 1.82) is 0 Å². The molecule has 1 atom stereocenters. The van der Waals surface area contributed by atoms with Crippen LogP contribution in [0.5, 0.6) is 0 Å². The molecule has 2 rings (SSSR count). The van der Waals surface area contributed by atoms with Gasteiger partial charge in [0.2, 0.25) is 5.91 Å².